The average molecular weight is 376 g/mol. The molecule has 8 heteroatoms. The van der Waals surface area contributed by atoms with Gasteiger partial charge in [-0.3, -0.25) is 24.5 Å². The Kier molecular flexibility index (Phi) is 7.04. The molecule has 0 aliphatic heterocycles. The maximum Gasteiger partial charge on any atom is 0.307 e. The lowest BCUT2D eigenvalue weighted by molar-refractivity contribution is -0.490. The molecular formula is C19H24N2O6. The highest BCUT2D eigenvalue weighted by Gasteiger charge is 2.44. The van der Waals surface area contributed by atoms with Crippen LogP contribution in [0.4, 0.5) is 0 Å². The fraction of sp³-hybridized carbons (Fsp3) is 0.526. The molecule has 4 atom stereocenters. The van der Waals surface area contributed by atoms with Crippen molar-refractivity contribution in [1.82, 2.24) is 5.32 Å². The number of rotatable bonds is 8. The van der Waals surface area contributed by atoms with Gasteiger partial charge in [-0.15, -0.1) is 0 Å². The predicted molar refractivity (Wildman–Crippen MR) is 96.2 cm³/mol. The van der Waals surface area contributed by atoms with Crippen LogP contribution in [0.1, 0.15) is 38.3 Å². The number of hydrogen-bond acceptors (Lipinski definition) is 6. The molecule has 8 nitrogen and oxygen atoms in total. The zero-order valence-corrected chi connectivity index (χ0v) is 15.4. The van der Waals surface area contributed by atoms with E-state index in [0.29, 0.717) is 0 Å². The molecule has 0 saturated heterocycles. The Morgan fingerprint density at radius 1 is 1.33 bits per heavy atom. The number of carbonyl (C=O) groups excluding carboxylic acids is 3. The van der Waals surface area contributed by atoms with E-state index < -0.39 is 35.2 Å². The molecule has 1 aliphatic carbocycles. The molecule has 1 N–H and O–H groups in total. The zero-order valence-electron chi connectivity index (χ0n) is 15.4. The topological polar surface area (TPSA) is 116 Å². The van der Waals surface area contributed by atoms with Crippen LogP contribution in [0.15, 0.2) is 30.3 Å². The highest BCUT2D eigenvalue weighted by Crippen LogP contribution is 2.36. The van der Waals surface area contributed by atoms with Gasteiger partial charge in [0.05, 0.1) is 12.5 Å². The summed E-state index contributed by atoms with van der Waals surface area (Å²) in [6.45, 7) is 2.79. The number of ether oxygens (including phenoxy) is 1. The standard InChI is InChI=1S/C19H24N2O6/c1-12-8-17(22)15(16(12)10-21(25)26)9-19(24)27-11-18(23)20-13(2)14-6-4-3-5-7-14/h3-7,12-13,15-16H,8-11H2,1-2H3,(H,20,23)/t12-,13+,15-,16-/m1/s1. The van der Waals surface area contributed by atoms with Gasteiger partial charge < -0.3 is 10.1 Å². The van der Waals surface area contributed by atoms with E-state index in [0.717, 1.165) is 5.56 Å². The van der Waals surface area contributed by atoms with Gasteiger partial charge >= 0.3 is 5.97 Å². The van der Waals surface area contributed by atoms with E-state index >= 15 is 0 Å². The summed E-state index contributed by atoms with van der Waals surface area (Å²) in [6, 6.07) is 9.10. The Hall–Kier alpha value is -2.77. The SMILES string of the molecule is C[C@H](NC(=O)COC(=O)C[C@H]1C(=O)C[C@@H](C)[C@H]1C[N+](=O)[O-])c1ccccc1. The maximum absolute atomic E-state index is 12.0. The molecule has 0 radical (unpaired) electrons. The molecule has 0 unspecified atom stereocenters. The van der Waals surface area contributed by atoms with E-state index in [9.17, 15) is 24.5 Å². The number of Topliss-reactive ketones (excluding diaryl/α,β-unsaturated/α-hetero) is 1. The van der Waals surface area contributed by atoms with Crippen LogP contribution in [0.5, 0.6) is 0 Å². The van der Waals surface area contributed by atoms with Gasteiger partial charge in [-0.2, -0.15) is 0 Å². The molecule has 1 fully saturated rings. The first-order valence-corrected chi connectivity index (χ1v) is 8.92. The van der Waals surface area contributed by atoms with Crippen LogP contribution in [-0.2, 0) is 19.1 Å². The minimum absolute atomic E-state index is 0.143. The molecule has 0 heterocycles. The van der Waals surface area contributed by atoms with Crippen LogP contribution in [0.2, 0.25) is 0 Å². The predicted octanol–water partition coefficient (Wildman–Crippen LogP) is 1.92. The van der Waals surface area contributed by atoms with E-state index in [1.165, 1.54) is 0 Å². The summed E-state index contributed by atoms with van der Waals surface area (Å²) in [6.07, 6.45) is -0.00523. The van der Waals surface area contributed by atoms with E-state index in [-0.39, 0.29) is 37.1 Å². The molecule has 1 aliphatic rings. The van der Waals surface area contributed by atoms with Crippen molar-refractivity contribution in [2.75, 3.05) is 13.2 Å². The minimum Gasteiger partial charge on any atom is -0.456 e. The van der Waals surface area contributed by atoms with Gasteiger partial charge in [-0.05, 0) is 18.4 Å². The fourth-order valence-electron chi connectivity index (χ4n) is 3.49. The molecule has 1 saturated carbocycles. The summed E-state index contributed by atoms with van der Waals surface area (Å²) in [4.78, 5) is 46.3. The van der Waals surface area contributed by atoms with Crippen molar-refractivity contribution >= 4 is 17.7 Å². The van der Waals surface area contributed by atoms with Crippen molar-refractivity contribution in [1.29, 1.82) is 0 Å². The smallest absolute Gasteiger partial charge is 0.307 e. The van der Waals surface area contributed by atoms with Gasteiger partial charge in [-0.1, -0.05) is 37.3 Å². The van der Waals surface area contributed by atoms with E-state index in [4.69, 9.17) is 4.74 Å². The van der Waals surface area contributed by atoms with Gasteiger partial charge in [0.15, 0.2) is 6.61 Å². The second-order valence-electron chi connectivity index (χ2n) is 7.00. The first-order chi connectivity index (χ1) is 12.8. The molecule has 0 aromatic heterocycles. The summed E-state index contributed by atoms with van der Waals surface area (Å²) < 4.78 is 4.97. The number of amides is 1. The van der Waals surface area contributed by atoms with Crippen LogP contribution < -0.4 is 5.32 Å². The van der Waals surface area contributed by atoms with Gasteiger partial charge in [0, 0.05) is 23.2 Å². The number of nitrogens with one attached hydrogen (secondary N) is 1. The van der Waals surface area contributed by atoms with Crippen molar-refractivity contribution in [2.24, 2.45) is 17.8 Å². The summed E-state index contributed by atoms with van der Waals surface area (Å²) in [5.41, 5.74) is 0.922. The van der Waals surface area contributed by atoms with Gasteiger partial charge in [0.1, 0.15) is 5.78 Å². The lowest BCUT2D eigenvalue weighted by Gasteiger charge is -2.17. The van der Waals surface area contributed by atoms with Gasteiger partial charge in [0.2, 0.25) is 6.54 Å². The maximum atomic E-state index is 12.0. The third-order valence-corrected chi connectivity index (χ3v) is 4.97. The third kappa shape index (κ3) is 5.87. The Bertz CT molecular complexity index is 705. The number of esters is 1. The molecule has 0 spiro atoms. The van der Waals surface area contributed by atoms with E-state index in [1.807, 2.05) is 37.3 Å². The summed E-state index contributed by atoms with van der Waals surface area (Å²) in [5, 5.41) is 13.5. The van der Waals surface area contributed by atoms with Crippen molar-refractivity contribution in [3.8, 4) is 0 Å². The Morgan fingerprint density at radius 3 is 2.63 bits per heavy atom. The number of hydrogen-bond donors (Lipinski definition) is 1. The molecule has 1 aromatic rings. The van der Waals surface area contributed by atoms with Crippen molar-refractivity contribution in [3.05, 3.63) is 46.0 Å². The molecule has 27 heavy (non-hydrogen) atoms. The van der Waals surface area contributed by atoms with Crippen LogP contribution in [0.3, 0.4) is 0 Å². The molecule has 146 valence electrons. The molecule has 2 rings (SSSR count). The monoisotopic (exact) mass is 376 g/mol. The van der Waals surface area contributed by atoms with E-state index in [1.54, 1.807) is 6.92 Å². The average Bonchev–Trinajstić information content (AvgIpc) is 2.87. The highest BCUT2D eigenvalue weighted by molar-refractivity contribution is 5.88. The summed E-state index contributed by atoms with van der Waals surface area (Å²) in [7, 11) is 0. The first kappa shape index (κ1) is 20.5. The normalized spacial score (nSPS) is 22.9. The van der Waals surface area contributed by atoms with Crippen LogP contribution in [-0.4, -0.2) is 35.7 Å². The van der Waals surface area contributed by atoms with Crippen LogP contribution in [0, 0.1) is 27.9 Å². The second-order valence-corrected chi connectivity index (χ2v) is 7.00. The fourth-order valence-corrected chi connectivity index (χ4v) is 3.49. The Balaban J connectivity index is 1.82. The number of nitro groups is 1. The Morgan fingerprint density at radius 2 is 2.00 bits per heavy atom. The van der Waals surface area contributed by atoms with Gasteiger partial charge in [-0.25, -0.2) is 0 Å². The second kappa shape index (κ2) is 9.25. The largest absolute Gasteiger partial charge is 0.456 e. The van der Waals surface area contributed by atoms with E-state index in [2.05, 4.69) is 5.32 Å². The molecule has 0 bridgehead atoms. The molecule has 1 aromatic carbocycles. The summed E-state index contributed by atoms with van der Waals surface area (Å²) >= 11 is 0. The summed E-state index contributed by atoms with van der Waals surface area (Å²) in [5.74, 6) is -2.65. The highest BCUT2D eigenvalue weighted by atomic mass is 16.6. The molecule has 1 amide bonds. The number of ketones is 1. The quantitative estimate of drug-likeness (QED) is 0.421. The van der Waals surface area contributed by atoms with Crippen LogP contribution >= 0.6 is 0 Å². The molecular weight excluding hydrogens is 352 g/mol. The third-order valence-electron chi connectivity index (χ3n) is 4.97. The number of carbonyl (C=O) groups is 3. The van der Waals surface area contributed by atoms with Gasteiger partial charge in [0.25, 0.3) is 5.91 Å². The first-order valence-electron chi connectivity index (χ1n) is 8.92. The lowest BCUT2D eigenvalue weighted by Crippen LogP contribution is -2.32. The van der Waals surface area contributed by atoms with Crippen LogP contribution in [0.25, 0.3) is 0 Å². The van der Waals surface area contributed by atoms with Crippen molar-refractivity contribution in [2.45, 2.75) is 32.7 Å². The number of benzene rings is 1. The number of nitrogens with zero attached hydrogens (tertiary/aromatic N) is 1. The lowest BCUT2D eigenvalue weighted by atomic mass is 9.88. The van der Waals surface area contributed by atoms with Crippen molar-refractivity contribution < 1.29 is 24.0 Å². The zero-order chi connectivity index (χ0) is 20.0. The minimum atomic E-state index is -0.718. The van der Waals surface area contributed by atoms with Crippen molar-refractivity contribution in [3.63, 3.8) is 0 Å². The Labute approximate surface area is 157 Å².